The van der Waals surface area contributed by atoms with Crippen molar-refractivity contribution in [1.82, 2.24) is 20.1 Å². The van der Waals surface area contributed by atoms with Crippen LogP contribution in [0.3, 0.4) is 0 Å². The molecule has 1 amide bonds. The van der Waals surface area contributed by atoms with E-state index in [0.717, 1.165) is 22.4 Å². The van der Waals surface area contributed by atoms with Crippen molar-refractivity contribution < 1.29 is 4.79 Å². The lowest BCUT2D eigenvalue weighted by molar-refractivity contribution is -0.121. The molecule has 1 unspecified atom stereocenters. The van der Waals surface area contributed by atoms with E-state index in [1.54, 1.807) is 11.8 Å². The van der Waals surface area contributed by atoms with Crippen LogP contribution in [0.2, 0.25) is 0 Å². The second-order valence-corrected chi connectivity index (χ2v) is 7.37. The minimum atomic E-state index is -0.225. The van der Waals surface area contributed by atoms with Crippen LogP contribution in [0, 0.1) is 6.92 Å². The summed E-state index contributed by atoms with van der Waals surface area (Å²) in [6.45, 7) is 5.84. The Morgan fingerprint density at radius 1 is 1.11 bits per heavy atom. The number of hydrogen-bond acceptors (Lipinski definition) is 4. The van der Waals surface area contributed by atoms with Crippen LogP contribution in [0.1, 0.15) is 43.3 Å². The molecule has 1 heterocycles. The zero-order chi connectivity index (χ0) is 19.2. The van der Waals surface area contributed by atoms with E-state index in [0.29, 0.717) is 6.42 Å². The largest absolute Gasteiger partial charge is 0.346 e. The third-order valence-electron chi connectivity index (χ3n) is 4.25. The second-order valence-electron chi connectivity index (χ2n) is 6.43. The molecule has 1 N–H and O–H groups in total. The zero-order valence-corrected chi connectivity index (χ0v) is 16.7. The second kappa shape index (κ2) is 8.86. The van der Waals surface area contributed by atoms with E-state index in [2.05, 4.69) is 58.8 Å². The Balaban J connectivity index is 1.92. The van der Waals surface area contributed by atoms with Gasteiger partial charge in [0.2, 0.25) is 5.91 Å². The molecule has 140 valence electrons. The normalized spacial score (nSPS) is 12.0. The Morgan fingerprint density at radius 3 is 2.48 bits per heavy atom. The predicted molar refractivity (Wildman–Crippen MR) is 109 cm³/mol. The van der Waals surface area contributed by atoms with Crippen molar-refractivity contribution >= 4 is 17.7 Å². The van der Waals surface area contributed by atoms with Gasteiger partial charge in [-0.3, -0.25) is 9.36 Å². The third kappa shape index (κ3) is 4.77. The molecule has 0 saturated heterocycles. The molecule has 27 heavy (non-hydrogen) atoms. The minimum Gasteiger partial charge on any atom is -0.346 e. The lowest BCUT2D eigenvalue weighted by Crippen LogP contribution is -2.27. The van der Waals surface area contributed by atoms with Crippen molar-refractivity contribution in [2.45, 2.75) is 44.1 Å². The lowest BCUT2D eigenvalue weighted by Gasteiger charge is -2.16. The average Bonchev–Trinajstić information content (AvgIpc) is 3.11. The van der Waals surface area contributed by atoms with Gasteiger partial charge in [-0.2, -0.15) is 0 Å². The first-order chi connectivity index (χ1) is 13.1. The lowest BCUT2D eigenvalue weighted by atomic mass is 10.2. The fraction of sp³-hybridized carbons (Fsp3) is 0.286. The average molecular weight is 381 g/mol. The summed E-state index contributed by atoms with van der Waals surface area (Å²) in [4.78, 5) is 11.8. The zero-order valence-electron chi connectivity index (χ0n) is 15.8. The molecule has 5 nitrogen and oxygen atoms in total. The predicted octanol–water partition coefficient (Wildman–Crippen LogP) is 4.46. The van der Waals surface area contributed by atoms with Gasteiger partial charge in [0.1, 0.15) is 0 Å². The van der Waals surface area contributed by atoms with Gasteiger partial charge in [-0.25, -0.2) is 0 Å². The molecular weight excluding hydrogens is 356 g/mol. The number of rotatable bonds is 7. The summed E-state index contributed by atoms with van der Waals surface area (Å²) in [6, 6.07) is 18.3. The quantitative estimate of drug-likeness (QED) is 0.615. The van der Waals surface area contributed by atoms with Gasteiger partial charge in [-0.1, -0.05) is 66.7 Å². The Kier molecular flexibility index (Phi) is 6.29. The topological polar surface area (TPSA) is 59.8 Å². The highest BCUT2D eigenvalue weighted by Gasteiger charge is 2.20. The highest BCUT2D eigenvalue weighted by molar-refractivity contribution is 7.98. The minimum absolute atomic E-state index is 0.000514. The van der Waals surface area contributed by atoms with Crippen LogP contribution in [-0.4, -0.2) is 20.7 Å². The fourth-order valence-electron chi connectivity index (χ4n) is 2.72. The molecule has 3 aromatic rings. The maximum absolute atomic E-state index is 11.8. The first kappa shape index (κ1) is 19.2. The molecule has 0 spiro atoms. The number of benzene rings is 2. The van der Waals surface area contributed by atoms with Gasteiger partial charge >= 0.3 is 0 Å². The van der Waals surface area contributed by atoms with Crippen molar-refractivity contribution in [3.05, 3.63) is 71.5 Å². The SMILES string of the molecule is CCC(=O)NC(C)c1nnc(SCc2ccccc2)n1-c1ccc(C)cc1. The van der Waals surface area contributed by atoms with E-state index in [-0.39, 0.29) is 11.9 Å². The molecular formula is C21H24N4OS. The van der Waals surface area contributed by atoms with Crippen LogP contribution in [0.5, 0.6) is 0 Å². The van der Waals surface area contributed by atoms with Crippen LogP contribution in [0.15, 0.2) is 59.8 Å². The van der Waals surface area contributed by atoms with Crippen molar-refractivity contribution in [3.63, 3.8) is 0 Å². The van der Waals surface area contributed by atoms with E-state index in [1.807, 2.05) is 36.6 Å². The van der Waals surface area contributed by atoms with Gasteiger partial charge in [-0.05, 0) is 31.5 Å². The smallest absolute Gasteiger partial charge is 0.220 e. The van der Waals surface area contributed by atoms with Crippen molar-refractivity contribution in [2.75, 3.05) is 0 Å². The molecule has 1 aromatic heterocycles. The molecule has 6 heteroatoms. The van der Waals surface area contributed by atoms with E-state index in [1.165, 1.54) is 11.1 Å². The van der Waals surface area contributed by atoms with Crippen LogP contribution in [-0.2, 0) is 10.5 Å². The van der Waals surface area contributed by atoms with E-state index in [9.17, 15) is 4.79 Å². The van der Waals surface area contributed by atoms with Crippen LogP contribution in [0.25, 0.3) is 5.69 Å². The monoisotopic (exact) mass is 380 g/mol. The number of amides is 1. The molecule has 0 bridgehead atoms. The molecule has 0 aliphatic carbocycles. The van der Waals surface area contributed by atoms with Crippen LogP contribution in [0.4, 0.5) is 0 Å². The molecule has 3 rings (SSSR count). The van der Waals surface area contributed by atoms with E-state index in [4.69, 9.17) is 0 Å². The number of nitrogens with zero attached hydrogens (tertiary/aromatic N) is 3. The summed E-state index contributed by atoms with van der Waals surface area (Å²) in [5, 5.41) is 12.6. The van der Waals surface area contributed by atoms with Crippen LogP contribution < -0.4 is 5.32 Å². The fourth-order valence-corrected chi connectivity index (χ4v) is 3.64. The van der Waals surface area contributed by atoms with Gasteiger partial charge < -0.3 is 5.32 Å². The highest BCUT2D eigenvalue weighted by Crippen LogP contribution is 2.27. The molecule has 0 saturated carbocycles. The number of aryl methyl sites for hydroxylation is 1. The van der Waals surface area contributed by atoms with Gasteiger partial charge in [0.15, 0.2) is 11.0 Å². The van der Waals surface area contributed by atoms with Crippen molar-refractivity contribution in [2.24, 2.45) is 0 Å². The number of carbonyl (C=O) groups excluding carboxylic acids is 1. The van der Waals surface area contributed by atoms with Crippen LogP contribution >= 0.6 is 11.8 Å². The molecule has 2 aromatic carbocycles. The van der Waals surface area contributed by atoms with Gasteiger partial charge in [0.25, 0.3) is 0 Å². The number of thioether (sulfide) groups is 1. The Hall–Kier alpha value is -2.60. The Morgan fingerprint density at radius 2 is 1.81 bits per heavy atom. The summed E-state index contributed by atoms with van der Waals surface area (Å²) in [5.74, 6) is 1.54. The summed E-state index contributed by atoms with van der Waals surface area (Å²) in [7, 11) is 0. The van der Waals surface area contributed by atoms with E-state index >= 15 is 0 Å². The summed E-state index contributed by atoms with van der Waals surface area (Å²) in [5.41, 5.74) is 3.42. The molecule has 0 aliphatic rings. The van der Waals surface area contributed by atoms with Crippen molar-refractivity contribution in [3.8, 4) is 5.69 Å². The van der Waals surface area contributed by atoms with Gasteiger partial charge in [0, 0.05) is 17.9 Å². The first-order valence-corrected chi connectivity index (χ1v) is 10.1. The summed E-state index contributed by atoms with van der Waals surface area (Å²) >= 11 is 1.64. The molecule has 1 atom stereocenters. The van der Waals surface area contributed by atoms with Gasteiger partial charge in [-0.15, -0.1) is 10.2 Å². The molecule has 0 fully saturated rings. The van der Waals surface area contributed by atoms with E-state index < -0.39 is 0 Å². The maximum Gasteiger partial charge on any atom is 0.220 e. The molecule has 0 radical (unpaired) electrons. The standard InChI is InChI=1S/C21H24N4OS/c1-4-19(26)22-16(3)20-23-24-21(27-14-17-8-6-5-7-9-17)25(20)18-12-10-15(2)11-13-18/h5-13,16H,4,14H2,1-3H3,(H,22,26). The van der Waals surface area contributed by atoms with Gasteiger partial charge in [0.05, 0.1) is 6.04 Å². The third-order valence-corrected chi connectivity index (χ3v) is 5.25. The number of carbonyl (C=O) groups is 1. The maximum atomic E-state index is 11.8. The first-order valence-electron chi connectivity index (χ1n) is 9.07. The molecule has 0 aliphatic heterocycles. The summed E-state index contributed by atoms with van der Waals surface area (Å²) in [6.07, 6.45) is 0.443. The number of aromatic nitrogens is 3. The number of hydrogen-bond donors (Lipinski definition) is 1. The highest BCUT2D eigenvalue weighted by atomic mass is 32.2. The van der Waals surface area contributed by atoms with Crippen molar-refractivity contribution in [1.29, 1.82) is 0 Å². The number of nitrogens with one attached hydrogen (secondary N) is 1. The Bertz CT molecular complexity index is 890. The Labute approximate surface area is 164 Å². The summed E-state index contributed by atoms with van der Waals surface area (Å²) < 4.78 is 2.04.